The van der Waals surface area contributed by atoms with Crippen LogP contribution in [0.25, 0.3) is 11.1 Å². The van der Waals surface area contributed by atoms with E-state index in [0.717, 1.165) is 44.2 Å². The number of benzene rings is 2. The molecule has 0 heterocycles. The van der Waals surface area contributed by atoms with Gasteiger partial charge in [0.2, 0.25) is 0 Å². The minimum absolute atomic E-state index is 0.201. The van der Waals surface area contributed by atoms with Gasteiger partial charge in [0.15, 0.2) is 11.6 Å². The maximum Gasteiger partial charge on any atom is 0.397 e. The number of rotatable bonds is 8. The number of ether oxygens (including phenoxy) is 1. The molecule has 0 aliphatic heterocycles. The van der Waals surface area contributed by atoms with Crippen molar-refractivity contribution in [3.05, 3.63) is 53.6 Å². The van der Waals surface area contributed by atoms with Crippen LogP contribution in [-0.4, -0.2) is 6.11 Å². The predicted molar refractivity (Wildman–Crippen MR) is 107 cm³/mol. The first-order valence-corrected chi connectivity index (χ1v) is 10.7. The van der Waals surface area contributed by atoms with Crippen LogP contribution in [-0.2, 0) is 0 Å². The zero-order valence-electron chi connectivity index (χ0n) is 17.4. The van der Waals surface area contributed by atoms with Gasteiger partial charge in [-0.25, -0.2) is 17.6 Å². The molecule has 31 heavy (non-hydrogen) atoms. The van der Waals surface area contributed by atoms with Gasteiger partial charge in [0, 0.05) is 12.1 Å². The van der Waals surface area contributed by atoms with Crippen molar-refractivity contribution in [2.75, 3.05) is 0 Å². The lowest BCUT2D eigenvalue weighted by Gasteiger charge is -2.29. The normalized spacial score (nSPS) is 19.5. The highest BCUT2D eigenvalue weighted by atomic mass is 19.3. The molecule has 2 aromatic rings. The van der Waals surface area contributed by atoms with Gasteiger partial charge in [0.1, 0.15) is 17.4 Å². The Balaban J connectivity index is 1.63. The second-order valence-corrected chi connectivity index (χ2v) is 8.34. The Kier molecular flexibility index (Phi) is 7.55. The summed E-state index contributed by atoms with van der Waals surface area (Å²) in [5.74, 6) is -4.62. The minimum atomic E-state index is -3.57. The molecule has 0 saturated heterocycles. The van der Waals surface area contributed by atoms with E-state index in [1.807, 2.05) is 0 Å². The second kappa shape index (κ2) is 9.96. The Morgan fingerprint density at radius 1 is 0.806 bits per heavy atom. The van der Waals surface area contributed by atoms with Crippen LogP contribution in [0.5, 0.6) is 5.75 Å². The molecule has 1 nitrogen and oxygen atoms in total. The third-order valence-electron chi connectivity index (χ3n) is 6.00. The third-order valence-corrected chi connectivity index (χ3v) is 6.00. The van der Waals surface area contributed by atoms with Crippen LogP contribution in [0.3, 0.4) is 0 Å². The van der Waals surface area contributed by atoms with Crippen molar-refractivity contribution in [1.82, 2.24) is 0 Å². The molecule has 1 saturated carbocycles. The predicted octanol–water partition coefficient (Wildman–Crippen LogP) is 8.27. The van der Waals surface area contributed by atoms with Gasteiger partial charge >= 0.3 is 6.11 Å². The molecule has 0 unspecified atom stereocenters. The van der Waals surface area contributed by atoms with Crippen LogP contribution in [0.2, 0.25) is 0 Å². The summed E-state index contributed by atoms with van der Waals surface area (Å²) in [4.78, 5) is 0. The highest BCUT2D eigenvalue weighted by molar-refractivity contribution is 5.66. The lowest BCUT2D eigenvalue weighted by atomic mass is 9.78. The van der Waals surface area contributed by atoms with Gasteiger partial charge in [-0.05, 0) is 36.0 Å². The van der Waals surface area contributed by atoms with Crippen molar-refractivity contribution >= 4 is 0 Å². The third kappa shape index (κ3) is 6.17. The second-order valence-electron chi connectivity index (χ2n) is 8.34. The van der Waals surface area contributed by atoms with E-state index in [9.17, 15) is 26.3 Å². The monoisotopic (exact) mass is 444 g/mol. The Morgan fingerprint density at radius 2 is 1.39 bits per heavy atom. The topological polar surface area (TPSA) is 9.23 Å². The first kappa shape index (κ1) is 23.5. The van der Waals surface area contributed by atoms with E-state index in [0.29, 0.717) is 24.1 Å². The first-order valence-electron chi connectivity index (χ1n) is 10.7. The summed E-state index contributed by atoms with van der Waals surface area (Å²) in [6, 6.07) is 3.64. The van der Waals surface area contributed by atoms with Crippen LogP contribution in [0, 0.1) is 35.1 Å². The first-order chi connectivity index (χ1) is 14.7. The van der Waals surface area contributed by atoms with Gasteiger partial charge < -0.3 is 4.74 Å². The van der Waals surface area contributed by atoms with E-state index >= 15 is 0 Å². The molecule has 1 aliphatic rings. The highest BCUT2D eigenvalue weighted by Crippen LogP contribution is 2.37. The largest absolute Gasteiger partial charge is 0.432 e. The number of hydrogen-bond donors (Lipinski definition) is 0. The SMILES string of the molecule is CCCC1CCC(CCC(F)(F)Oc2cc(F)c(-c3ccc(F)c(F)c3)c(F)c2)CC1. The van der Waals surface area contributed by atoms with Crippen molar-refractivity contribution < 1.29 is 31.1 Å². The van der Waals surface area contributed by atoms with Gasteiger partial charge in [-0.1, -0.05) is 51.5 Å². The van der Waals surface area contributed by atoms with E-state index in [1.165, 1.54) is 6.42 Å². The Bertz CT molecular complexity index is 867. The molecule has 7 heteroatoms. The molecule has 1 aliphatic carbocycles. The molecular weight excluding hydrogens is 418 g/mol. The lowest BCUT2D eigenvalue weighted by molar-refractivity contribution is -0.183. The summed E-state index contributed by atoms with van der Waals surface area (Å²) in [7, 11) is 0. The fourth-order valence-electron chi connectivity index (χ4n) is 4.35. The maximum absolute atomic E-state index is 14.4. The Morgan fingerprint density at radius 3 is 1.94 bits per heavy atom. The van der Waals surface area contributed by atoms with Crippen molar-refractivity contribution in [1.29, 1.82) is 0 Å². The summed E-state index contributed by atoms with van der Waals surface area (Å²) in [6.45, 7) is 2.14. The van der Waals surface area contributed by atoms with E-state index in [2.05, 4.69) is 11.7 Å². The summed E-state index contributed by atoms with van der Waals surface area (Å²) in [5, 5.41) is 0. The summed E-state index contributed by atoms with van der Waals surface area (Å²) in [6.07, 6.45) is 2.39. The van der Waals surface area contributed by atoms with Gasteiger partial charge in [-0.3, -0.25) is 0 Å². The molecule has 0 radical (unpaired) electrons. The number of halogens is 6. The molecule has 0 atom stereocenters. The van der Waals surface area contributed by atoms with Crippen LogP contribution in [0.4, 0.5) is 26.3 Å². The molecule has 3 rings (SSSR count). The number of hydrogen-bond acceptors (Lipinski definition) is 1. The lowest BCUT2D eigenvalue weighted by Crippen LogP contribution is -2.26. The standard InChI is InChI=1S/C24H26F6O/c1-2-3-15-4-6-16(7-5-15)10-11-24(29,30)31-18-13-21(27)23(22(28)14-18)17-8-9-19(25)20(26)12-17/h8-9,12-16H,2-7,10-11H2,1H3. The molecule has 170 valence electrons. The summed E-state index contributed by atoms with van der Waals surface area (Å²) in [5.41, 5.74) is -0.885. The van der Waals surface area contributed by atoms with E-state index in [4.69, 9.17) is 0 Å². The summed E-state index contributed by atoms with van der Waals surface area (Å²) >= 11 is 0. The Labute approximate surface area is 178 Å². The van der Waals surface area contributed by atoms with Gasteiger partial charge in [-0.15, -0.1) is 0 Å². The van der Waals surface area contributed by atoms with Gasteiger partial charge in [0.25, 0.3) is 0 Å². The van der Waals surface area contributed by atoms with Gasteiger partial charge in [0.05, 0.1) is 12.0 Å². The van der Waals surface area contributed by atoms with Crippen molar-refractivity contribution in [2.24, 2.45) is 11.8 Å². The molecule has 2 aromatic carbocycles. The minimum Gasteiger partial charge on any atom is -0.432 e. The van der Waals surface area contributed by atoms with Crippen LogP contribution < -0.4 is 4.74 Å². The smallest absolute Gasteiger partial charge is 0.397 e. The molecule has 0 spiro atoms. The van der Waals surface area contributed by atoms with Crippen molar-refractivity contribution in [3.63, 3.8) is 0 Å². The zero-order valence-corrected chi connectivity index (χ0v) is 17.4. The van der Waals surface area contributed by atoms with Crippen molar-refractivity contribution in [3.8, 4) is 16.9 Å². The van der Waals surface area contributed by atoms with E-state index in [-0.39, 0.29) is 17.9 Å². The molecule has 0 N–H and O–H groups in total. The van der Waals surface area contributed by atoms with Gasteiger partial charge in [-0.2, -0.15) is 8.78 Å². The molecular formula is C24H26F6O. The molecule has 1 fully saturated rings. The zero-order chi connectivity index (χ0) is 22.6. The maximum atomic E-state index is 14.4. The average Bonchev–Trinajstić information content (AvgIpc) is 2.69. The fraction of sp³-hybridized carbons (Fsp3) is 0.500. The van der Waals surface area contributed by atoms with Crippen LogP contribution in [0.1, 0.15) is 58.3 Å². The molecule has 0 aromatic heterocycles. The van der Waals surface area contributed by atoms with Crippen LogP contribution >= 0.6 is 0 Å². The van der Waals surface area contributed by atoms with Crippen molar-refractivity contribution in [2.45, 2.75) is 64.4 Å². The number of alkyl halides is 2. The fourth-order valence-corrected chi connectivity index (χ4v) is 4.35. The molecule has 0 amide bonds. The quantitative estimate of drug-likeness (QED) is 0.372. The average molecular weight is 444 g/mol. The van der Waals surface area contributed by atoms with E-state index < -0.39 is 47.1 Å². The van der Waals surface area contributed by atoms with E-state index in [1.54, 1.807) is 0 Å². The van der Waals surface area contributed by atoms with Crippen LogP contribution in [0.15, 0.2) is 30.3 Å². The summed E-state index contributed by atoms with van der Waals surface area (Å²) < 4.78 is 88.4. The highest BCUT2D eigenvalue weighted by Gasteiger charge is 2.34. The molecule has 0 bridgehead atoms. The Hall–Kier alpha value is -2.18.